The number of benzene rings is 2. The molecular weight excluding hydrogens is 372 g/mol. The van der Waals surface area contributed by atoms with Gasteiger partial charge in [-0.2, -0.15) is 0 Å². The molecule has 6 heteroatoms. The van der Waals surface area contributed by atoms with E-state index in [-0.39, 0.29) is 16.8 Å². The second kappa shape index (κ2) is 7.83. The highest BCUT2D eigenvalue weighted by atomic mass is 16.5. The first-order chi connectivity index (χ1) is 14.0. The van der Waals surface area contributed by atoms with E-state index in [2.05, 4.69) is 0 Å². The molecule has 0 fully saturated rings. The fourth-order valence-corrected chi connectivity index (χ4v) is 3.16. The molecule has 0 saturated carbocycles. The van der Waals surface area contributed by atoms with Gasteiger partial charge in [0.1, 0.15) is 39.2 Å². The van der Waals surface area contributed by atoms with Crippen LogP contribution in [0.15, 0.2) is 73.2 Å². The van der Waals surface area contributed by atoms with Gasteiger partial charge in [-0.1, -0.05) is 19.1 Å². The third-order valence-corrected chi connectivity index (χ3v) is 4.54. The van der Waals surface area contributed by atoms with Crippen LogP contribution in [0.4, 0.5) is 0 Å². The molecule has 0 N–H and O–H groups in total. The summed E-state index contributed by atoms with van der Waals surface area (Å²) in [6.07, 6.45) is 1.37. The van der Waals surface area contributed by atoms with Crippen LogP contribution in [0.5, 0.6) is 11.5 Å². The van der Waals surface area contributed by atoms with Crippen molar-refractivity contribution in [2.45, 2.75) is 13.8 Å². The van der Waals surface area contributed by atoms with E-state index < -0.39 is 0 Å². The Bertz CT molecular complexity index is 1280. The predicted octanol–water partition coefficient (Wildman–Crippen LogP) is 4.30. The van der Waals surface area contributed by atoms with Gasteiger partial charge >= 0.3 is 0 Å². The van der Waals surface area contributed by atoms with E-state index in [4.69, 9.17) is 18.3 Å². The Kier molecular flexibility index (Phi) is 5.08. The van der Waals surface area contributed by atoms with Crippen LogP contribution in [0.25, 0.3) is 21.9 Å². The third kappa shape index (κ3) is 3.87. The van der Waals surface area contributed by atoms with Crippen LogP contribution in [-0.4, -0.2) is 13.2 Å². The van der Waals surface area contributed by atoms with Gasteiger partial charge in [-0.15, -0.1) is 0 Å². The summed E-state index contributed by atoms with van der Waals surface area (Å²) >= 11 is 0. The molecule has 2 aromatic heterocycles. The molecule has 0 amide bonds. The Morgan fingerprint density at radius 1 is 0.862 bits per heavy atom. The number of aryl methyl sites for hydroxylation is 1. The van der Waals surface area contributed by atoms with Gasteiger partial charge in [0, 0.05) is 18.1 Å². The highest BCUT2D eigenvalue weighted by Crippen LogP contribution is 2.25. The van der Waals surface area contributed by atoms with Crippen LogP contribution in [0.3, 0.4) is 0 Å². The molecule has 4 rings (SSSR count). The van der Waals surface area contributed by atoms with Crippen molar-refractivity contribution in [1.82, 2.24) is 0 Å². The van der Waals surface area contributed by atoms with Crippen LogP contribution in [0, 0.1) is 12.8 Å². The van der Waals surface area contributed by atoms with Crippen molar-refractivity contribution in [3.8, 4) is 11.5 Å². The van der Waals surface area contributed by atoms with Crippen molar-refractivity contribution < 1.29 is 18.3 Å². The van der Waals surface area contributed by atoms with Gasteiger partial charge in [0.2, 0.25) is 0 Å². The Balaban J connectivity index is 1.47. The first-order valence-electron chi connectivity index (χ1n) is 9.32. The molecular formula is C23H20O6. The van der Waals surface area contributed by atoms with Crippen molar-refractivity contribution in [2.24, 2.45) is 5.92 Å². The quantitative estimate of drug-likeness (QED) is 0.487. The van der Waals surface area contributed by atoms with Gasteiger partial charge in [-0.3, -0.25) is 9.59 Å². The van der Waals surface area contributed by atoms with E-state index in [0.29, 0.717) is 52.4 Å². The molecule has 1 atom stereocenters. The van der Waals surface area contributed by atoms with Crippen molar-refractivity contribution in [1.29, 1.82) is 0 Å². The lowest BCUT2D eigenvalue weighted by Gasteiger charge is -2.15. The molecule has 148 valence electrons. The van der Waals surface area contributed by atoms with Gasteiger partial charge in [0.15, 0.2) is 10.9 Å². The second-order valence-electron chi connectivity index (χ2n) is 6.99. The van der Waals surface area contributed by atoms with E-state index in [1.54, 1.807) is 43.3 Å². The zero-order valence-corrected chi connectivity index (χ0v) is 16.1. The van der Waals surface area contributed by atoms with Crippen molar-refractivity contribution in [2.75, 3.05) is 13.2 Å². The van der Waals surface area contributed by atoms with E-state index in [9.17, 15) is 9.59 Å². The average Bonchev–Trinajstić information content (AvgIpc) is 2.70. The number of hydrogen-bond acceptors (Lipinski definition) is 6. The molecule has 0 saturated heterocycles. The van der Waals surface area contributed by atoms with Gasteiger partial charge in [-0.05, 0) is 31.2 Å². The molecule has 0 aliphatic rings. The zero-order valence-electron chi connectivity index (χ0n) is 16.1. The minimum Gasteiger partial charge on any atom is -0.492 e. The normalized spacial score (nSPS) is 12.2. The van der Waals surface area contributed by atoms with Crippen molar-refractivity contribution in [3.63, 3.8) is 0 Å². The van der Waals surface area contributed by atoms with Crippen LogP contribution in [0.2, 0.25) is 0 Å². The van der Waals surface area contributed by atoms with E-state index >= 15 is 0 Å². The SMILES string of the molecule is Cc1cc(=O)c2c(OCC(C)COc3cccc4occc(=O)c34)cccc2o1. The predicted molar refractivity (Wildman–Crippen MR) is 110 cm³/mol. The van der Waals surface area contributed by atoms with Gasteiger partial charge < -0.3 is 18.3 Å². The summed E-state index contributed by atoms with van der Waals surface area (Å²) in [7, 11) is 0. The summed E-state index contributed by atoms with van der Waals surface area (Å²) in [5.74, 6) is 1.52. The summed E-state index contributed by atoms with van der Waals surface area (Å²) in [6.45, 7) is 4.38. The smallest absolute Gasteiger partial charge is 0.196 e. The molecule has 6 nitrogen and oxygen atoms in total. The fraction of sp³-hybridized carbons (Fsp3) is 0.217. The summed E-state index contributed by atoms with van der Waals surface area (Å²) in [5.41, 5.74) is 0.699. The first kappa shape index (κ1) is 18.8. The third-order valence-electron chi connectivity index (χ3n) is 4.54. The maximum absolute atomic E-state index is 12.3. The maximum atomic E-state index is 12.3. The molecule has 0 aliphatic heterocycles. The monoisotopic (exact) mass is 392 g/mol. The highest BCUT2D eigenvalue weighted by Gasteiger charge is 2.13. The molecule has 0 aliphatic carbocycles. The fourth-order valence-electron chi connectivity index (χ4n) is 3.16. The lowest BCUT2D eigenvalue weighted by atomic mass is 10.2. The standard InChI is InChI=1S/C23H20O6/c1-14(12-27-19-6-3-5-18-22(19)16(24)9-10-26-18)13-28-20-7-4-8-21-23(20)17(25)11-15(2)29-21/h3-11,14H,12-13H2,1-2H3. The number of ether oxygens (including phenoxy) is 2. The average molecular weight is 392 g/mol. The molecule has 1 unspecified atom stereocenters. The van der Waals surface area contributed by atoms with Gasteiger partial charge in [0.05, 0.1) is 19.5 Å². The van der Waals surface area contributed by atoms with Crippen LogP contribution in [0.1, 0.15) is 12.7 Å². The van der Waals surface area contributed by atoms with Crippen LogP contribution < -0.4 is 20.3 Å². The van der Waals surface area contributed by atoms with E-state index in [0.717, 1.165) is 0 Å². The summed E-state index contributed by atoms with van der Waals surface area (Å²) in [5, 5.41) is 0.850. The molecule has 2 heterocycles. The Morgan fingerprint density at radius 3 is 2.17 bits per heavy atom. The zero-order chi connectivity index (χ0) is 20.4. The van der Waals surface area contributed by atoms with E-state index in [1.807, 2.05) is 6.92 Å². The molecule has 0 radical (unpaired) electrons. The summed E-state index contributed by atoms with van der Waals surface area (Å²) < 4.78 is 22.7. The first-order valence-corrected chi connectivity index (χ1v) is 9.32. The lowest BCUT2D eigenvalue weighted by Crippen LogP contribution is -2.18. The second-order valence-corrected chi connectivity index (χ2v) is 6.99. The van der Waals surface area contributed by atoms with Crippen LogP contribution >= 0.6 is 0 Å². The van der Waals surface area contributed by atoms with Crippen molar-refractivity contribution >= 4 is 21.9 Å². The molecule has 4 aromatic rings. The van der Waals surface area contributed by atoms with Gasteiger partial charge in [0.25, 0.3) is 0 Å². The van der Waals surface area contributed by atoms with Gasteiger partial charge in [-0.25, -0.2) is 0 Å². The minimum absolute atomic E-state index is 0.00811. The molecule has 29 heavy (non-hydrogen) atoms. The number of fused-ring (bicyclic) bond motifs is 2. The minimum atomic E-state index is -0.150. The topological polar surface area (TPSA) is 78.9 Å². The highest BCUT2D eigenvalue weighted by molar-refractivity contribution is 5.83. The Morgan fingerprint density at radius 2 is 1.48 bits per heavy atom. The maximum Gasteiger partial charge on any atom is 0.196 e. The van der Waals surface area contributed by atoms with E-state index in [1.165, 1.54) is 18.4 Å². The van der Waals surface area contributed by atoms with Crippen molar-refractivity contribution in [3.05, 3.63) is 81.0 Å². The molecule has 0 spiro atoms. The van der Waals surface area contributed by atoms with Crippen LogP contribution in [-0.2, 0) is 0 Å². The summed E-state index contributed by atoms with van der Waals surface area (Å²) in [6, 6.07) is 13.3. The Labute approximate surface area is 166 Å². The largest absolute Gasteiger partial charge is 0.492 e. The number of rotatable bonds is 6. The molecule has 2 aromatic carbocycles. The Hall–Kier alpha value is -3.54. The summed E-state index contributed by atoms with van der Waals surface area (Å²) in [4.78, 5) is 24.5. The lowest BCUT2D eigenvalue weighted by molar-refractivity contribution is 0.190. The molecule has 0 bridgehead atoms. The number of hydrogen-bond donors (Lipinski definition) is 0.